The van der Waals surface area contributed by atoms with Crippen molar-refractivity contribution in [1.82, 2.24) is 5.43 Å². The van der Waals surface area contributed by atoms with E-state index in [1.165, 1.54) is 26.4 Å². The summed E-state index contributed by atoms with van der Waals surface area (Å²) in [7, 11) is 2.79. The first-order chi connectivity index (χ1) is 11.6. The Bertz CT molecular complexity index is 758. The molecule has 1 aromatic carbocycles. The van der Waals surface area contributed by atoms with Crippen LogP contribution in [0.15, 0.2) is 54.0 Å². The number of aliphatic hydroxyl groups excluding tert-OH is 1. The summed E-state index contributed by atoms with van der Waals surface area (Å²) in [6, 6.07) is 7.41. The molecule has 2 aliphatic rings. The number of urea groups is 2. The molecule has 0 atom stereocenters. The van der Waals surface area contributed by atoms with Gasteiger partial charge in [0.25, 0.3) is 0 Å². The Kier molecular flexibility index (Phi) is 4.05. The summed E-state index contributed by atoms with van der Waals surface area (Å²) in [6.45, 7) is 0. The number of hydrazine groups is 1. The Morgan fingerprint density at radius 1 is 1.08 bits per heavy atom. The first-order valence-corrected chi connectivity index (χ1v) is 7.13. The zero-order valence-corrected chi connectivity index (χ0v) is 13.1. The maximum Gasteiger partial charge on any atom is 0.532 e. The van der Waals surface area contributed by atoms with Crippen LogP contribution >= 0.6 is 0 Å². The summed E-state index contributed by atoms with van der Waals surface area (Å²) in [6.07, 6.45) is 1.85. The summed E-state index contributed by atoms with van der Waals surface area (Å²) in [5.74, 6) is 0.397. The standard InChI is InChI=1S/C16H15N3O5/c1-23-12-8-11(9-13(24-2)14(12)20)19-16(22)18(15(21)17-19)10-6-4-3-5-7-10/h3-9,14,20H,1-2H3/p+1. The van der Waals surface area contributed by atoms with E-state index in [0.29, 0.717) is 11.4 Å². The number of aliphatic hydroxyl groups is 1. The normalized spacial score (nSPS) is 20.6. The number of rotatable bonds is 3. The van der Waals surface area contributed by atoms with Gasteiger partial charge < -0.3 is 14.6 Å². The van der Waals surface area contributed by atoms with Gasteiger partial charge in [0.2, 0.25) is 0 Å². The molecule has 24 heavy (non-hydrogen) atoms. The number of para-hydroxylation sites is 1. The fraction of sp³-hybridized carbons (Fsp3) is 0.188. The Hall–Kier alpha value is -3.13. The van der Waals surface area contributed by atoms with Crippen LogP contribution < -0.4 is 10.3 Å². The minimum atomic E-state index is -1.07. The van der Waals surface area contributed by atoms with Crippen molar-refractivity contribution in [3.63, 3.8) is 0 Å². The average Bonchev–Trinajstić information content (AvgIpc) is 2.90. The Labute approximate surface area is 137 Å². The van der Waals surface area contributed by atoms with Crippen LogP contribution in [0.1, 0.15) is 0 Å². The maximum atomic E-state index is 12.6. The fourth-order valence-electron chi connectivity index (χ4n) is 2.46. The topological polar surface area (TPSA) is 91.1 Å². The first kappa shape index (κ1) is 15.8. The van der Waals surface area contributed by atoms with E-state index in [9.17, 15) is 14.7 Å². The van der Waals surface area contributed by atoms with Crippen molar-refractivity contribution in [2.75, 3.05) is 19.1 Å². The number of nitrogens with one attached hydrogen (secondary N) is 1. The Balaban J connectivity index is 2.05. The molecule has 1 saturated heterocycles. The Morgan fingerprint density at radius 3 is 2.21 bits per heavy atom. The van der Waals surface area contributed by atoms with Gasteiger partial charge in [-0.25, -0.2) is 4.79 Å². The van der Waals surface area contributed by atoms with Gasteiger partial charge in [0, 0.05) is 12.2 Å². The number of anilines is 1. The fourth-order valence-corrected chi connectivity index (χ4v) is 2.46. The SMILES string of the molecule is COC1=CC(=[N+]2NC(=O)N(c3ccccc3)C2=O)C=C(OC)C1O. The number of imide groups is 1. The molecule has 0 saturated carbocycles. The smallest absolute Gasteiger partial charge is 0.498 e. The molecule has 1 heterocycles. The number of benzene rings is 1. The molecule has 4 amide bonds. The van der Waals surface area contributed by atoms with E-state index in [-0.39, 0.29) is 11.5 Å². The van der Waals surface area contributed by atoms with Crippen molar-refractivity contribution in [2.45, 2.75) is 6.10 Å². The monoisotopic (exact) mass is 330 g/mol. The molecular formula is C16H16N3O5+. The number of ether oxygens (including phenoxy) is 2. The van der Waals surface area contributed by atoms with Crippen LogP contribution in [0.25, 0.3) is 0 Å². The van der Waals surface area contributed by atoms with Crippen LogP contribution in [0.4, 0.5) is 15.3 Å². The number of allylic oxidation sites excluding steroid dienone is 2. The number of hydrogen-bond acceptors (Lipinski definition) is 5. The van der Waals surface area contributed by atoms with Crippen LogP contribution in [0.3, 0.4) is 0 Å². The highest BCUT2D eigenvalue weighted by Gasteiger charge is 2.46. The average molecular weight is 330 g/mol. The first-order valence-electron chi connectivity index (χ1n) is 7.13. The van der Waals surface area contributed by atoms with Gasteiger partial charge >= 0.3 is 12.1 Å². The van der Waals surface area contributed by atoms with Gasteiger partial charge in [0.15, 0.2) is 11.8 Å². The van der Waals surface area contributed by atoms with E-state index in [1.807, 2.05) is 0 Å². The molecule has 1 aliphatic carbocycles. The van der Waals surface area contributed by atoms with Crippen molar-refractivity contribution in [3.8, 4) is 0 Å². The second-order valence-electron chi connectivity index (χ2n) is 5.03. The highest BCUT2D eigenvalue weighted by atomic mass is 16.5. The third kappa shape index (κ3) is 2.52. The number of carbonyl (C=O) groups excluding carboxylic acids is 2. The summed E-state index contributed by atoms with van der Waals surface area (Å²) in [5.41, 5.74) is 3.24. The van der Waals surface area contributed by atoms with E-state index in [1.54, 1.807) is 30.3 Å². The van der Waals surface area contributed by atoms with Crippen LogP contribution in [0.2, 0.25) is 0 Å². The van der Waals surface area contributed by atoms with Gasteiger partial charge in [-0.05, 0) is 12.1 Å². The van der Waals surface area contributed by atoms with Crippen LogP contribution in [-0.4, -0.2) is 47.9 Å². The molecule has 1 aliphatic heterocycles. The van der Waals surface area contributed by atoms with Crippen molar-refractivity contribution < 1.29 is 28.9 Å². The quantitative estimate of drug-likeness (QED) is 0.811. The molecule has 0 bridgehead atoms. The third-order valence-electron chi connectivity index (χ3n) is 3.66. The molecule has 0 aromatic heterocycles. The molecule has 0 unspecified atom stereocenters. The minimum Gasteiger partial charge on any atom is -0.498 e. The second-order valence-corrected chi connectivity index (χ2v) is 5.03. The minimum absolute atomic E-state index is 0.199. The highest BCUT2D eigenvalue weighted by molar-refractivity contribution is 6.16. The van der Waals surface area contributed by atoms with Gasteiger partial charge in [0.05, 0.1) is 14.2 Å². The predicted octanol–water partition coefficient (Wildman–Crippen LogP) is 1.14. The molecule has 124 valence electrons. The number of methoxy groups -OCH3 is 2. The number of amides is 4. The molecule has 8 nitrogen and oxygen atoms in total. The summed E-state index contributed by atoms with van der Waals surface area (Å²) < 4.78 is 11.3. The lowest BCUT2D eigenvalue weighted by molar-refractivity contribution is -0.462. The lowest BCUT2D eigenvalue weighted by Crippen LogP contribution is -2.33. The van der Waals surface area contributed by atoms with E-state index >= 15 is 0 Å². The van der Waals surface area contributed by atoms with Crippen molar-refractivity contribution in [1.29, 1.82) is 0 Å². The molecule has 1 fully saturated rings. The largest absolute Gasteiger partial charge is 0.532 e. The molecule has 8 heteroatoms. The van der Waals surface area contributed by atoms with Crippen molar-refractivity contribution in [3.05, 3.63) is 54.0 Å². The van der Waals surface area contributed by atoms with Gasteiger partial charge in [-0.1, -0.05) is 22.9 Å². The molecule has 1 aromatic rings. The van der Waals surface area contributed by atoms with Gasteiger partial charge in [-0.3, -0.25) is 0 Å². The lowest BCUT2D eigenvalue weighted by atomic mass is 10.1. The van der Waals surface area contributed by atoms with E-state index in [2.05, 4.69) is 5.43 Å². The van der Waals surface area contributed by atoms with Crippen molar-refractivity contribution >= 4 is 23.5 Å². The second kappa shape index (κ2) is 6.17. The Morgan fingerprint density at radius 2 is 1.67 bits per heavy atom. The van der Waals surface area contributed by atoms with Crippen LogP contribution in [0, 0.1) is 0 Å². The zero-order valence-electron chi connectivity index (χ0n) is 13.1. The zero-order chi connectivity index (χ0) is 17.3. The number of nitrogens with zero attached hydrogens (tertiary/aromatic N) is 2. The van der Waals surface area contributed by atoms with Gasteiger partial charge in [-0.15, -0.1) is 10.3 Å². The van der Waals surface area contributed by atoms with Gasteiger partial charge in [-0.2, -0.15) is 4.79 Å². The lowest BCUT2D eigenvalue weighted by Gasteiger charge is -2.19. The summed E-state index contributed by atoms with van der Waals surface area (Å²) in [4.78, 5) is 25.8. The van der Waals surface area contributed by atoms with E-state index < -0.39 is 18.2 Å². The number of carbonyl (C=O) groups is 2. The molecular weight excluding hydrogens is 314 g/mol. The molecule has 0 spiro atoms. The van der Waals surface area contributed by atoms with E-state index in [4.69, 9.17) is 9.47 Å². The molecule has 0 radical (unpaired) electrons. The number of hydrogen-bond donors (Lipinski definition) is 2. The molecule has 2 N–H and O–H groups in total. The van der Waals surface area contributed by atoms with E-state index in [0.717, 1.165) is 9.58 Å². The highest BCUT2D eigenvalue weighted by Crippen LogP contribution is 2.22. The molecule has 3 rings (SSSR count). The predicted molar refractivity (Wildman–Crippen MR) is 84.3 cm³/mol. The van der Waals surface area contributed by atoms with Crippen LogP contribution in [0.5, 0.6) is 0 Å². The van der Waals surface area contributed by atoms with Gasteiger partial charge in [0.1, 0.15) is 17.2 Å². The van der Waals surface area contributed by atoms with Crippen molar-refractivity contribution in [2.24, 2.45) is 0 Å². The maximum absolute atomic E-state index is 12.6. The number of hydrazone groups is 1. The third-order valence-corrected chi connectivity index (χ3v) is 3.66. The summed E-state index contributed by atoms with van der Waals surface area (Å²) >= 11 is 0. The van der Waals surface area contributed by atoms with Crippen LogP contribution in [-0.2, 0) is 9.47 Å². The summed E-state index contributed by atoms with van der Waals surface area (Å²) in [5, 5.41) is 10.0.